The molecule has 0 radical (unpaired) electrons. The Balaban J connectivity index is 2.05. The van der Waals surface area contributed by atoms with Crippen LogP contribution in [0.15, 0.2) is 35.4 Å². The van der Waals surface area contributed by atoms with Crippen LogP contribution in [0.3, 0.4) is 0 Å². The van der Waals surface area contributed by atoms with E-state index in [1.807, 2.05) is 0 Å². The lowest BCUT2D eigenvalue weighted by Crippen LogP contribution is -2.09. The van der Waals surface area contributed by atoms with Crippen molar-refractivity contribution in [1.82, 2.24) is 0 Å². The average molecular weight is 1050 g/mol. The maximum Gasteiger partial charge on any atom is 0.211 e. The summed E-state index contributed by atoms with van der Waals surface area (Å²) in [5, 5.41) is 0. The van der Waals surface area contributed by atoms with Gasteiger partial charge < -0.3 is 5.53 Å². The molecule has 0 saturated heterocycles. The Hall–Kier alpha value is -2.48. The molecule has 0 amide bonds. The van der Waals surface area contributed by atoms with Gasteiger partial charge in [-0.05, 0) is 154 Å². The van der Waals surface area contributed by atoms with E-state index in [0.717, 1.165) is 49.9 Å². The lowest BCUT2D eigenvalue weighted by atomic mass is 9.86. The van der Waals surface area contributed by atoms with E-state index >= 15 is 0 Å². The molecule has 0 saturated carbocycles. The first-order chi connectivity index (χ1) is 37.4. The molecule has 2 aromatic carbocycles. The summed E-state index contributed by atoms with van der Waals surface area (Å²) in [5.41, 5.74) is 30.6. The van der Waals surface area contributed by atoms with Crippen molar-refractivity contribution in [3.63, 3.8) is 0 Å². The summed E-state index contributed by atoms with van der Waals surface area (Å²) in [6.07, 6.45) is 65.4. The second-order valence-electron chi connectivity index (χ2n) is 24.5. The number of aryl methyl sites for hydroxylation is 4. The Bertz CT molecular complexity index is 1770. The number of hydrogen-bond acceptors (Lipinski definition) is 0. The van der Waals surface area contributed by atoms with Crippen molar-refractivity contribution in [3.8, 4) is 0 Å². The molecule has 0 N–H and O–H groups in total. The summed E-state index contributed by atoms with van der Waals surface area (Å²) in [4.78, 5) is 0. The number of nitrogens with zero attached hydrogens (tertiary/aromatic N) is 2. The first-order valence-corrected chi connectivity index (χ1v) is 34.7. The van der Waals surface area contributed by atoms with Crippen LogP contribution in [0.25, 0.3) is 16.9 Å². The molecule has 2 nitrogen and oxygen atoms in total. The molecule has 0 spiro atoms. The Kier molecular flexibility index (Phi) is 40.4. The second-order valence-corrected chi connectivity index (χ2v) is 24.5. The van der Waals surface area contributed by atoms with Gasteiger partial charge in [-0.3, -0.25) is 0 Å². The van der Waals surface area contributed by atoms with Crippen LogP contribution in [0.5, 0.6) is 0 Å². The van der Waals surface area contributed by atoms with E-state index in [9.17, 15) is 5.53 Å². The quantitative estimate of drug-likeness (QED) is 0.0466. The third kappa shape index (κ3) is 26.7. The zero-order chi connectivity index (χ0) is 54.7. The van der Waals surface area contributed by atoms with Crippen LogP contribution in [0.4, 0.5) is 0 Å². The van der Waals surface area contributed by atoms with Crippen molar-refractivity contribution in [2.45, 2.75) is 376 Å². The SMILES string of the molecule is CCCCCCCCCCCCCCCCCCCCC1=C(c2cc(CCCCCC)c(CCCCCC)c(CCCCCC)c2)[N+](=[N-])C(c2cc(CCCCCC)c(CCCCCC)c(CCCCCC)c2)=C1CC. The number of allylic oxidation sites excluding steroid dienone is 2. The van der Waals surface area contributed by atoms with Crippen molar-refractivity contribution in [3.05, 3.63) is 85.5 Å². The van der Waals surface area contributed by atoms with Gasteiger partial charge in [0.25, 0.3) is 0 Å². The van der Waals surface area contributed by atoms with Crippen molar-refractivity contribution in [1.29, 1.82) is 0 Å². The zero-order valence-corrected chi connectivity index (χ0v) is 52.6. The van der Waals surface area contributed by atoms with Crippen LogP contribution in [-0.4, -0.2) is 4.70 Å². The van der Waals surface area contributed by atoms with Gasteiger partial charge in [0.1, 0.15) is 0 Å². The summed E-state index contributed by atoms with van der Waals surface area (Å²) < 4.78 is 1.78. The van der Waals surface area contributed by atoms with Gasteiger partial charge >= 0.3 is 0 Å². The van der Waals surface area contributed by atoms with Gasteiger partial charge in [0.2, 0.25) is 11.4 Å². The van der Waals surface area contributed by atoms with Crippen molar-refractivity contribution in [2.75, 3.05) is 0 Å². The highest BCUT2D eigenvalue weighted by Gasteiger charge is 2.36. The monoisotopic (exact) mass is 1050 g/mol. The number of benzene rings is 2. The van der Waals surface area contributed by atoms with Crippen LogP contribution in [-0.2, 0) is 38.5 Å². The minimum absolute atomic E-state index is 0.948. The normalized spacial score (nSPS) is 12.9. The lowest BCUT2D eigenvalue weighted by molar-refractivity contribution is -0.345. The fraction of sp³-hybridized carbons (Fsp3) is 0.784. The molecule has 0 aliphatic carbocycles. The highest BCUT2D eigenvalue weighted by molar-refractivity contribution is 5.83. The predicted molar refractivity (Wildman–Crippen MR) is 341 cm³/mol. The molecule has 0 atom stereocenters. The first-order valence-electron chi connectivity index (χ1n) is 34.7. The average Bonchev–Trinajstić information content (AvgIpc) is 3.75. The molecule has 434 valence electrons. The van der Waals surface area contributed by atoms with Gasteiger partial charge in [-0.25, -0.2) is 4.70 Å². The van der Waals surface area contributed by atoms with Crippen molar-refractivity contribution < 1.29 is 4.70 Å². The Labute approximate surface area is 475 Å². The van der Waals surface area contributed by atoms with Gasteiger partial charge in [-0.2, -0.15) is 0 Å². The Morgan fingerprint density at radius 3 is 0.724 bits per heavy atom. The zero-order valence-electron chi connectivity index (χ0n) is 52.6. The highest BCUT2D eigenvalue weighted by atomic mass is 15.2. The van der Waals surface area contributed by atoms with Crippen LogP contribution in [0.1, 0.15) is 382 Å². The van der Waals surface area contributed by atoms with Gasteiger partial charge in [-0.1, -0.05) is 280 Å². The summed E-state index contributed by atoms with van der Waals surface area (Å²) in [5.74, 6) is 0. The molecule has 1 heterocycles. The van der Waals surface area contributed by atoms with E-state index in [2.05, 4.69) is 79.7 Å². The van der Waals surface area contributed by atoms with Crippen LogP contribution >= 0.6 is 0 Å². The maximum absolute atomic E-state index is 13.3. The Morgan fingerprint density at radius 2 is 0.461 bits per heavy atom. The minimum atomic E-state index is 0.948. The molecule has 1 aliphatic heterocycles. The largest absolute Gasteiger partial charge is 0.493 e. The standard InChI is InChI=1S/C74H128N2/c1-9-17-24-31-32-33-34-35-36-37-38-39-40-41-42-43-44-51-58-72-69(16-8)73(67-59-63(52-45-25-18-10-2)70(56-49-29-22-14-6)64(60-67)53-46-26-19-11-3)76(75)74(72)68-61-65(54-47-27-20-12-4)71(57-50-30-23-15-7)66(62-68)55-48-28-21-13-5/h59-62H,9-58H2,1-8H3. The maximum atomic E-state index is 13.3. The van der Waals surface area contributed by atoms with Gasteiger partial charge in [-0.15, -0.1) is 0 Å². The van der Waals surface area contributed by atoms with Crippen LogP contribution in [0, 0.1) is 0 Å². The summed E-state index contributed by atoms with van der Waals surface area (Å²) in [6, 6.07) is 10.4. The molecule has 0 aromatic heterocycles. The molecule has 0 fully saturated rings. The molecule has 2 heteroatoms. The first kappa shape index (κ1) is 67.8. The molecule has 1 aliphatic rings. The third-order valence-corrected chi connectivity index (χ3v) is 17.7. The molecule has 3 rings (SSSR count). The molecule has 0 bridgehead atoms. The molecule has 2 aromatic rings. The Morgan fingerprint density at radius 1 is 0.250 bits per heavy atom. The smallest absolute Gasteiger partial charge is 0.211 e. The van der Waals surface area contributed by atoms with E-state index in [1.54, 1.807) is 38.1 Å². The van der Waals surface area contributed by atoms with Crippen LogP contribution in [0.2, 0.25) is 0 Å². The molecule has 76 heavy (non-hydrogen) atoms. The highest BCUT2D eigenvalue weighted by Crippen LogP contribution is 2.46. The van der Waals surface area contributed by atoms with Crippen LogP contribution < -0.4 is 0 Å². The summed E-state index contributed by atoms with van der Waals surface area (Å²) >= 11 is 0. The minimum Gasteiger partial charge on any atom is -0.493 e. The van der Waals surface area contributed by atoms with E-state index in [0.29, 0.717) is 0 Å². The van der Waals surface area contributed by atoms with Gasteiger partial charge in [0.05, 0.1) is 0 Å². The third-order valence-electron chi connectivity index (χ3n) is 17.7. The second kappa shape index (κ2) is 45.3. The molecular weight excluding hydrogens is 917 g/mol. The van der Waals surface area contributed by atoms with Gasteiger partial charge in [0.15, 0.2) is 0 Å². The lowest BCUT2D eigenvalue weighted by Gasteiger charge is -2.20. The van der Waals surface area contributed by atoms with E-state index in [4.69, 9.17) is 0 Å². The fourth-order valence-corrected chi connectivity index (χ4v) is 12.9. The van der Waals surface area contributed by atoms with E-state index < -0.39 is 0 Å². The topological polar surface area (TPSA) is 25.3 Å². The van der Waals surface area contributed by atoms with E-state index in [1.165, 1.54) is 305 Å². The van der Waals surface area contributed by atoms with E-state index in [-0.39, 0.29) is 0 Å². The van der Waals surface area contributed by atoms with Crippen molar-refractivity contribution in [2.24, 2.45) is 0 Å². The molecular formula is C74H128N2. The summed E-state index contributed by atoms with van der Waals surface area (Å²) in [6.45, 7) is 18.8. The fourth-order valence-electron chi connectivity index (χ4n) is 12.9. The molecule has 0 unspecified atom stereocenters. The predicted octanol–water partition coefficient (Wildman–Crippen LogP) is 25.4. The number of rotatable bonds is 52. The number of unbranched alkanes of at least 4 members (excludes halogenated alkanes) is 35. The number of hydrogen-bond donors (Lipinski definition) is 0. The van der Waals surface area contributed by atoms with Crippen molar-refractivity contribution >= 4 is 11.4 Å². The summed E-state index contributed by atoms with van der Waals surface area (Å²) in [7, 11) is 0. The van der Waals surface area contributed by atoms with Gasteiger partial charge in [0, 0.05) is 22.3 Å².